The molecule has 0 radical (unpaired) electrons. The predicted molar refractivity (Wildman–Crippen MR) is 92.3 cm³/mol. The zero-order valence-corrected chi connectivity index (χ0v) is 13.9. The molecule has 7 heteroatoms. The summed E-state index contributed by atoms with van der Waals surface area (Å²) in [5.74, 6) is 3.33. The molecule has 4 rings (SSSR count). The van der Waals surface area contributed by atoms with Gasteiger partial charge in [0.15, 0.2) is 5.82 Å². The summed E-state index contributed by atoms with van der Waals surface area (Å²) in [4.78, 5) is 12.9. The average Bonchev–Trinajstić information content (AvgIpc) is 3.38. The number of ether oxygens (including phenoxy) is 1. The fourth-order valence-corrected chi connectivity index (χ4v) is 2.42. The van der Waals surface area contributed by atoms with Crippen LogP contribution in [0.5, 0.6) is 5.75 Å². The van der Waals surface area contributed by atoms with E-state index < -0.39 is 0 Å². The van der Waals surface area contributed by atoms with Crippen LogP contribution in [-0.4, -0.2) is 32.8 Å². The molecule has 1 aliphatic carbocycles. The molecule has 0 amide bonds. The molecule has 0 saturated heterocycles. The molecule has 3 aromatic heterocycles. The minimum atomic E-state index is -0.0114. The summed E-state index contributed by atoms with van der Waals surface area (Å²) < 4.78 is 11.1. The van der Waals surface area contributed by atoms with Crippen molar-refractivity contribution in [1.82, 2.24) is 20.1 Å². The highest BCUT2D eigenvalue weighted by molar-refractivity contribution is 5.54. The first-order chi connectivity index (χ1) is 12.3. The summed E-state index contributed by atoms with van der Waals surface area (Å²) >= 11 is 0. The summed E-state index contributed by atoms with van der Waals surface area (Å²) in [7, 11) is 0. The van der Waals surface area contributed by atoms with Gasteiger partial charge in [0.25, 0.3) is 5.89 Å². The van der Waals surface area contributed by atoms with Crippen LogP contribution in [0.3, 0.4) is 0 Å². The maximum Gasteiger partial charge on any atom is 0.259 e. The first kappa shape index (κ1) is 15.6. The van der Waals surface area contributed by atoms with Crippen molar-refractivity contribution < 1.29 is 9.26 Å². The summed E-state index contributed by atoms with van der Waals surface area (Å²) in [5, 5.41) is 7.28. The number of nitrogens with one attached hydrogen (secondary N) is 1. The van der Waals surface area contributed by atoms with Gasteiger partial charge in [-0.25, -0.2) is 4.98 Å². The van der Waals surface area contributed by atoms with Crippen LogP contribution >= 0.6 is 0 Å². The van der Waals surface area contributed by atoms with Crippen LogP contribution < -0.4 is 10.1 Å². The molecule has 0 spiro atoms. The lowest BCUT2D eigenvalue weighted by atomic mass is 10.3. The quantitative estimate of drug-likeness (QED) is 0.708. The van der Waals surface area contributed by atoms with E-state index in [1.54, 1.807) is 18.6 Å². The van der Waals surface area contributed by atoms with Gasteiger partial charge in [0.1, 0.15) is 17.7 Å². The van der Waals surface area contributed by atoms with E-state index in [1.807, 2.05) is 31.2 Å². The third kappa shape index (κ3) is 3.93. The van der Waals surface area contributed by atoms with Crippen molar-refractivity contribution in [3.63, 3.8) is 0 Å². The van der Waals surface area contributed by atoms with Crippen molar-refractivity contribution in [1.29, 1.82) is 0 Å². The van der Waals surface area contributed by atoms with E-state index in [2.05, 4.69) is 25.4 Å². The van der Waals surface area contributed by atoms with Gasteiger partial charge in [0.05, 0.1) is 18.3 Å². The third-order valence-corrected chi connectivity index (χ3v) is 3.94. The molecule has 1 N–H and O–H groups in total. The van der Waals surface area contributed by atoms with E-state index in [-0.39, 0.29) is 6.10 Å². The monoisotopic (exact) mass is 337 g/mol. The molecule has 3 heterocycles. The van der Waals surface area contributed by atoms with Crippen LogP contribution in [0, 0.1) is 0 Å². The maximum absolute atomic E-state index is 5.77. The lowest BCUT2D eigenvalue weighted by Crippen LogP contribution is -2.23. The van der Waals surface area contributed by atoms with Gasteiger partial charge in [0.2, 0.25) is 0 Å². The molecule has 0 unspecified atom stereocenters. The third-order valence-electron chi connectivity index (χ3n) is 3.94. The largest absolute Gasteiger partial charge is 0.487 e. The molecule has 7 nitrogen and oxygen atoms in total. The van der Waals surface area contributed by atoms with Crippen molar-refractivity contribution in [3.05, 3.63) is 48.7 Å². The standard InChI is InChI=1S/C18H19N5O2/c1-12(24-15-3-2-8-19-11-15)9-20-16-7-6-14(10-21-16)18-22-17(23-25-18)13-4-5-13/h2-3,6-8,10-13H,4-5,9H2,1H3,(H,20,21)/t12-/m0/s1. The van der Waals surface area contributed by atoms with Crippen molar-refractivity contribution in [2.24, 2.45) is 0 Å². The number of aromatic nitrogens is 4. The number of hydrogen-bond donors (Lipinski definition) is 1. The van der Waals surface area contributed by atoms with E-state index in [4.69, 9.17) is 9.26 Å². The van der Waals surface area contributed by atoms with Crippen LogP contribution in [0.1, 0.15) is 31.5 Å². The topological polar surface area (TPSA) is 86.0 Å². The fraction of sp³-hybridized carbons (Fsp3) is 0.333. The molecule has 1 atom stereocenters. The van der Waals surface area contributed by atoms with Crippen LogP contribution in [0.4, 0.5) is 5.82 Å². The predicted octanol–water partition coefficient (Wildman–Crippen LogP) is 3.28. The Balaban J connectivity index is 1.32. The summed E-state index contributed by atoms with van der Waals surface area (Å²) in [5.41, 5.74) is 0.824. The highest BCUT2D eigenvalue weighted by Gasteiger charge is 2.28. The normalized spacial score (nSPS) is 14.9. The number of rotatable bonds is 7. The van der Waals surface area contributed by atoms with Crippen molar-refractivity contribution in [3.8, 4) is 17.2 Å². The van der Waals surface area contributed by atoms with Gasteiger partial charge in [-0.2, -0.15) is 4.98 Å². The van der Waals surface area contributed by atoms with Gasteiger partial charge in [0, 0.05) is 18.3 Å². The Hall–Kier alpha value is -2.96. The molecule has 25 heavy (non-hydrogen) atoms. The number of nitrogens with zero attached hydrogens (tertiary/aromatic N) is 4. The molecule has 0 aliphatic heterocycles. The molecule has 1 aliphatic rings. The number of hydrogen-bond acceptors (Lipinski definition) is 7. The Morgan fingerprint density at radius 2 is 2.20 bits per heavy atom. The lowest BCUT2D eigenvalue weighted by Gasteiger charge is -2.15. The molecule has 3 aromatic rings. The van der Waals surface area contributed by atoms with Gasteiger partial charge in [-0.05, 0) is 44.0 Å². The molecular weight excluding hydrogens is 318 g/mol. The van der Waals surface area contributed by atoms with Gasteiger partial charge in [-0.1, -0.05) is 5.16 Å². The zero-order chi connectivity index (χ0) is 17.1. The van der Waals surface area contributed by atoms with E-state index in [0.29, 0.717) is 18.4 Å². The summed E-state index contributed by atoms with van der Waals surface area (Å²) in [6.07, 6.45) is 7.45. The van der Waals surface area contributed by atoms with Gasteiger partial charge in [-0.3, -0.25) is 4.98 Å². The second kappa shape index (κ2) is 6.88. The minimum Gasteiger partial charge on any atom is -0.487 e. The lowest BCUT2D eigenvalue weighted by molar-refractivity contribution is 0.234. The zero-order valence-electron chi connectivity index (χ0n) is 13.9. The van der Waals surface area contributed by atoms with Crippen LogP contribution in [0.25, 0.3) is 11.5 Å². The number of anilines is 1. The molecule has 1 fully saturated rings. The van der Waals surface area contributed by atoms with Crippen molar-refractivity contribution in [2.75, 3.05) is 11.9 Å². The Bertz CT molecular complexity index is 815. The Kier molecular flexibility index (Phi) is 4.28. The Morgan fingerprint density at radius 1 is 1.28 bits per heavy atom. The maximum atomic E-state index is 5.77. The highest BCUT2D eigenvalue weighted by atomic mass is 16.5. The molecule has 0 bridgehead atoms. The van der Waals surface area contributed by atoms with Crippen LogP contribution in [0.15, 0.2) is 47.4 Å². The fourth-order valence-electron chi connectivity index (χ4n) is 2.42. The molecule has 0 aromatic carbocycles. The van der Waals surface area contributed by atoms with Crippen LogP contribution in [0.2, 0.25) is 0 Å². The number of pyridine rings is 2. The average molecular weight is 337 g/mol. The first-order valence-corrected chi connectivity index (χ1v) is 8.38. The minimum absolute atomic E-state index is 0.0114. The second-order valence-corrected chi connectivity index (χ2v) is 6.16. The second-order valence-electron chi connectivity index (χ2n) is 6.16. The Morgan fingerprint density at radius 3 is 2.92 bits per heavy atom. The van der Waals surface area contributed by atoms with E-state index in [1.165, 1.54) is 0 Å². The van der Waals surface area contributed by atoms with Gasteiger partial charge >= 0.3 is 0 Å². The van der Waals surface area contributed by atoms with E-state index in [0.717, 1.165) is 35.8 Å². The molecular formula is C18H19N5O2. The van der Waals surface area contributed by atoms with Crippen molar-refractivity contribution in [2.45, 2.75) is 31.8 Å². The molecule has 1 saturated carbocycles. The first-order valence-electron chi connectivity index (χ1n) is 8.38. The highest BCUT2D eigenvalue weighted by Crippen LogP contribution is 2.38. The molecule has 128 valence electrons. The Labute approximate surface area is 145 Å². The summed E-state index contributed by atoms with van der Waals surface area (Å²) in [6.45, 7) is 2.62. The van der Waals surface area contributed by atoms with E-state index >= 15 is 0 Å². The smallest absolute Gasteiger partial charge is 0.259 e. The summed E-state index contributed by atoms with van der Waals surface area (Å²) in [6, 6.07) is 7.55. The SMILES string of the molecule is C[C@@H](CNc1ccc(-c2nc(C3CC3)no2)cn1)Oc1cccnc1. The van der Waals surface area contributed by atoms with E-state index in [9.17, 15) is 0 Å². The van der Waals surface area contributed by atoms with Crippen molar-refractivity contribution >= 4 is 5.82 Å². The van der Waals surface area contributed by atoms with Gasteiger partial charge < -0.3 is 14.6 Å². The van der Waals surface area contributed by atoms with Gasteiger partial charge in [-0.15, -0.1) is 0 Å². The van der Waals surface area contributed by atoms with Crippen LogP contribution in [-0.2, 0) is 0 Å².